The van der Waals surface area contributed by atoms with Crippen molar-refractivity contribution in [2.75, 3.05) is 13.1 Å². The number of aliphatic carboxylic acids is 1. The number of hydrogen-bond acceptors (Lipinski definition) is 3. The van der Waals surface area contributed by atoms with Gasteiger partial charge in [0.1, 0.15) is 11.3 Å². The number of hydrogen-bond donors (Lipinski definition) is 1. The van der Waals surface area contributed by atoms with Crippen LogP contribution in [0.25, 0.3) is 5.65 Å². The van der Waals surface area contributed by atoms with Crippen molar-refractivity contribution in [2.45, 2.75) is 13.3 Å². The highest BCUT2D eigenvalue weighted by molar-refractivity contribution is 5.93. The molecule has 1 unspecified atom stereocenters. The molecule has 6 heteroatoms. The third kappa shape index (κ3) is 2.13. The van der Waals surface area contributed by atoms with Crippen molar-refractivity contribution in [3.63, 3.8) is 0 Å². The second-order valence-electron chi connectivity index (χ2n) is 5.17. The predicted molar refractivity (Wildman–Crippen MR) is 71.6 cm³/mol. The number of carboxylic acids is 1. The summed E-state index contributed by atoms with van der Waals surface area (Å²) in [5.41, 5.74) is 2.16. The number of amides is 1. The Hall–Kier alpha value is -2.37. The van der Waals surface area contributed by atoms with Gasteiger partial charge < -0.3 is 14.4 Å². The Morgan fingerprint density at radius 2 is 2.25 bits per heavy atom. The molecule has 1 amide bonds. The SMILES string of the molecule is Cc1ccn2cc(C(=O)N3CCC(C(=O)O)C3)nc2c1. The molecule has 0 spiro atoms. The molecule has 1 atom stereocenters. The summed E-state index contributed by atoms with van der Waals surface area (Å²) in [4.78, 5) is 29.1. The minimum absolute atomic E-state index is 0.199. The van der Waals surface area contributed by atoms with Gasteiger partial charge in [-0.25, -0.2) is 4.98 Å². The van der Waals surface area contributed by atoms with E-state index >= 15 is 0 Å². The minimum Gasteiger partial charge on any atom is -0.481 e. The van der Waals surface area contributed by atoms with Crippen LogP contribution in [-0.2, 0) is 4.79 Å². The molecule has 0 saturated carbocycles. The average molecular weight is 273 g/mol. The third-order valence-electron chi connectivity index (χ3n) is 3.66. The topological polar surface area (TPSA) is 74.9 Å². The Kier molecular flexibility index (Phi) is 2.93. The van der Waals surface area contributed by atoms with Crippen LogP contribution in [0.4, 0.5) is 0 Å². The largest absolute Gasteiger partial charge is 0.481 e. The van der Waals surface area contributed by atoms with Crippen molar-refractivity contribution in [3.8, 4) is 0 Å². The Morgan fingerprint density at radius 3 is 2.95 bits per heavy atom. The second-order valence-corrected chi connectivity index (χ2v) is 5.17. The zero-order valence-corrected chi connectivity index (χ0v) is 11.1. The maximum atomic E-state index is 12.3. The van der Waals surface area contributed by atoms with Gasteiger partial charge >= 0.3 is 5.97 Å². The number of aryl methyl sites for hydroxylation is 1. The lowest BCUT2D eigenvalue weighted by molar-refractivity contribution is -0.141. The van der Waals surface area contributed by atoms with Crippen LogP contribution in [-0.4, -0.2) is 44.4 Å². The fraction of sp³-hybridized carbons (Fsp3) is 0.357. The molecule has 6 nitrogen and oxygen atoms in total. The van der Waals surface area contributed by atoms with Crippen LogP contribution in [0.2, 0.25) is 0 Å². The molecule has 0 bridgehead atoms. The number of pyridine rings is 1. The molecule has 104 valence electrons. The standard InChI is InChI=1S/C14H15N3O3/c1-9-2-4-16-8-11(15-12(16)6-9)13(18)17-5-3-10(7-17)14(19)20/h2,4,6,8,10H,3,5,7H2,1H3,(H,19,20). The molecule has 1 aliphatic heterocycles. The van der Waals surface area contributed by atoms with E-state index in [4.69, 9.17) is 5.11 Å². The molecule has 20 heavy (non-hydrogen) atoms. The predicted octanol–water partition coefficient (Wildman–Crippen LogP) is 1.19. The van der Waals surface area contributed by atoms with Crippen LogP contribution >= 0.6 is 0 Å². The summed E-state index contributed by atoms with van der Waals surface area (Å²) in [6.07, 6.45) is 4.05. The summed E-state index contributed by atoms with van der Waals surface area (Å²) < 4.78 is 1.80. The normalized spacial score (nSPS) is 18.6. The van der Waals surface area contributed by atoms with E-state index < -0.39 is 11.9 Å². The lowest BCUT2D eigenvalue weighted by atomic mass is 10.1. The van der Waals surface area contributed by atoms with Crippen LogP contribution < -0.4 is 0 Å². The van der Waals surface area contributed by atoms with Crippen molar-refractivity contribution >= 4 is 17.5 Å². The van der Waals surface area contributed by atoms with Gasteiger partial charge in [-0.2, -0.15) is 0 Å². The number of carboxylic acid groups (broad SMARTS) is 1. The Labute approximate surface area is 115 Å². The molecule has 3 heterocycles. The first-order valence-corrected chi connectivity index (χ1v) is 6.52. The average Bonchev–Trinajstić information content (AvgIpc) is 3.03. The van der Waals surface area contributed by atoms with Gasteiger partial charge in [-0.15, -0.1) is 0 Å². The Balaban J connectivity index is 1.84. The van der Waals surface area contributed by atoms with Crippen LogP contribution in [0.15, 0.2) is 24.5 Å². The third-order valence-corrected chi connectivity index (χ3v) is 3.66. The van der Waals surface area contributed by atoms with E-state index in [2.05, 4.69) is 4.98 Å². The van der Waals surface area contributed by atoms with Gasteiger partial charge in [-0.05, 0) is 31.0 Å². The number of carbonyl (C=O) groups excluding carboxylic acids is 1. The smallest absolute Gasteiger partial charge is 0.308 e. The van der Waals surface area contributed by atoms with E-state index in [1.54, 1.807) is 15.5 Å². The molecule has 0 aromatic carbocycles. The number of rotatable bonds is 2. The Morgan fingerprint density at radius 1 is 1.45 bits per heavy atom. The summed E-state index contributed by atoms with van der Waals surface area (Å²) in [6, 6.07) is 3.85. The molecule has 1 aliphatic rings. The molecule has 2 aromatic rings. The summed E-state index contributed by atoms with van der Waals surface area (Å²) >= 11 is 0. The van der Waals surface area contributed by atoms with Crippen molar-refractivity contribution in [2.24, 2.45) is 5.92 Å². The van der Waals surface area contributed by atoms with Crippen molar-refractivity contribution in [3.05, 3.63) is 35.8 Å². The molecule has 1 saturated heterocycles. The van der Waals surface area contributed by atoms with Gasteiger partial charge in [0.15, 0.2) is 0 Å². The molecular formula is C14H15N3O3. The highest BCUT2D eigenvalue weighted by atomic mass is 16.4. The lowest BCUT2D eigenvalue weighted by Gasteiger charge is -2.13. The lowest BCUT2D eigenvalue weighted by Crippen LogP contribution is -2.30. The Bertz CT molecular complexity index is 692. The molecule has 2 aromatic heterocycles. The molecule has 0 aliphatic carbocycles. The van der Waals surface area contributed by atoms with Gasteiger partial charge in [-0.1, -0.05) is 0 Å². The van der Waals surface area contributed by atoms with E-state index in [9.17, 15) is 9.59 Å². The monoisotopic (exact) mass is 273 g/mol. The van der Waals surface area contributed by atoms with E-state index in [0.29, 0.717) is 18.7 Å². The van der Waals surface area contributed by atoms with Crippen molar-refractivity contribution in [1.29, 1.82) is 0 Å². The van der Waals surface area contributed by atoms with Gasteiger partial charge in [-0.3, -0.25) is 9.59 Å². The number of likely N-dealkylation sites (tertiary alicyclic amines) is 1. The van der Waals surface area contributed by atoms with Crippen molar-refractivity contribution < 1.29 is 14.7 Å². The number of aromatic nitrogens is 2. The first-order chi connectivity index (χ1) is 9.54. The zero-order chi connectivity index (χ0) is 14.3. The van der Waals surface area contributed by atoms with Gasteiger partial charge in [0.05, 0.1) is 5.92 Å². The summed E-state index contributed by atoms with van der Waals surface area (Å²) in [6.45, 7) is 2.71. The second kappa shape index (κ2) is 4.63. The molecule has 1 fully saturated rings. The van der Waals surface area contributed by atoms with E-state index in [0.717, 1.165) is 11.2 Å². The molecule has 1 N–H and O–H groups in total. The number of carbonyl (C=O) groups is 2. The molecule has 0 radical (unpaired) electrons. The van der Waals surface area contributed by atoms with E-state index in [-0.39, 0.29) is 12.5 Å². The minimum atomic E-state index is -0.842. The van der Waals surface area contributed by atoms with Gasteiger partial charge in [0, 0.05) is 25.5 Å². The highest BCUT2D eigenvalue weighted by Gasteiger charge is 2.32. The van der Waals surface area contributed by atoms with E-state index in [1.807, 2.05) is 25.3 Å². The number of nitrogens with zero attached hydrogens (tertiary/aromatic N) is 3. The molecular weight excluding hydrogens is 258 g/mol. The van der Waals surface area contributed by atoms with Gasteiger partial charge in [0.25, 0.3) is 5.91 Å². The van der Waals surface area contributed by atoms with Crippen LogP contribution in [0.1, 0.15) is 22.5 Å². The fourth-order valence-corrected chi connectivity index (χ4v) is 2.50. The van der Waals surface area contributed by atoms with Crippen molar-refractivity contribution in [1.82, 2.24) is 14.3 Å². The number of fused-ring (bicyclic) bond motifs is 1. The first-order valence-electron chi connectivity index (χ1n) is 6.52. The maximum Gasteiger partial charge on any atom is 0.308 e. The van der Waals surface area contributed by atoms with Crippen LogP contribution in [0.5, 0.6) is 0 Å². The quantitative estimate of drug-likeness (QED) is 0.891. The van der Waals surface area contributed by atoms with Crippen LogP contribution in [0.3, 0.4) is 0 Å². The summed E-state index contributed by atoms with van der Waals surface area (Å²) in [5, 5.41) is 8.97. The zero-order valence-electron chi connectivity index (χ0n) is 11.1. The maximum absolute atomic E-state index is 12.3. The molecule has 3 rings (SSSR count). The first kappa shape index (κ1) is 12.7. The summed E-state index contributed by atoms with van der Waals surface area (Å²) in [7, 11) is 0. The number of imidazole rings is 1. The summed E-state index contributed by atoms with van der Waals surface area (Å²) in [5.74, 6) is -1.50. The fourth-order valence-electron chi connectivity index (χ4n) is 2.50. The van der Waals surface area contributed by atoms with Crippen LogP contribution in [0, 0.1) is 12.8 Å². The highest BCUT2D eigenvalue weighted by Crippen LogP contribution is 2.19. The van der Waals surface area contributed by atoms with E-state index in [1.165, 1.54) is 0 Å². The van der Waals surface area contributed by atoms with Gasteiger partial charge in [0.2, 0.25) is 0 Å².